The Kier molecular flexibility index (Phi) is 4.51. The molecule has 0 aromatic carbocycles. The van der Waals surface area contributed by atoms with Crippen LogP contribution in [0.3, 0.4) is 0 Å². The molecule has 2 aromatic heterocycles. The third-order valence-electron chi connectivity index (χ3n) is 4.68. The van der Waals surface area contributed by atoms with Crippen LogP contribution in [0.2, 0.25) is 0 Å². The van der Waals surface area contributed by atoms with Crippen molar-refractivity contribution in [1.29, 1.82) is 0 Å². The van der Waals surface area contributed by atoms with Crippen LogP contribution in [0.4, 0.5) is 5.13 Å². The Morgan fingerprint density at radius 2 is 2.08 bits per heavy atom. The monoisotopic (exact) mass is 348 g/mol. The lowest BCUT2D eigenvalue weighted by Gasteiger charge is -2.26. The highest BCUT2D eigenvalue weighted by Crippen LogP contribution is 2.27. The molecular formula is C16H24N6OS. The second-order valence-corrected chi connectivity index (χ2v) is 7.54. The maximum atomic E-state index is 5.42. The third-order valence-corrected chi connectivity index (χ3v) is 5.90. The molecule has 0 spiro atoms. The van der Waals surface area contributed by atoms with Crippen molar-refractivity contribution in [2.75, 3.05) is 31.2 Å². The van der Waals surface area contributed by atoms with E-state index in [1.54, 1.807) is 11.3 Å². The summed E-state index contributed by atoms with van der Waals surface area (Å²) in [7, 11) is 0. The molecule has 1 N–H and O–H groups in total. The predicted molar refractivity (Wildman–Crippen MR) is 93.6 cm³/mol. The topological polar surface area (TPSA) is 68.1 Å². The average Bonchev–Trinajstić information content (AvgIpc) is 3.15. The second-order valence-electron chi connectivity index (χ2n) is 6.48. The fraction of sp³-hybridized carbons (Fsp3) is 0.688. The summed E-state index contributed by atoms with van der Waals surface area (Å²) < 4.78 is 7.48. The van der Waals surface area contributed by atoms with E-state index in [0.29, 0.717) is 6.04 Å². The first kappa shape index (κ1) is 16.0. The third kappa shape index (κ3) is 3.31. The summed E-state index contributed by atoms with van der Waals surface area (Å²) in [5, 5.41) is 9.29. The smallest absolute Gasteiger partial charge is 0.185 e. The molecule has 1 saturated heterocycles. The summed E-state index contributed by atoms with van der Waals surface area (Å²) in [4.78, 5) is 12.9. The van der Waals surface area contributed by atoms with Gasteiger partial charge in [0, 0.05) is 37.0 Å². The SMILES string of the molecule is Cc1nc2n(n1)C[C@@H](NCc1sc(N3CCOCC3)nc1C)CC2. The first-order chi connectivity index (χ1) is 11.7. The van der Waals surface area contributed by atoms with Crippen LogP contribution in [0.25, 0.3) is 0 Å². The van der Waals surface area contributed by atoms with E-state index in [0.717, 1.165) is 74.7 Å². The van der Waals surface area contributed by atoms with E-state index in [2.05, 4.69) is 31.9 Å². The van der Waals surface area contributed by atoms with Gasteiger partial charge in [0.15, 0.2) is 5.13 Å². The highest BCUT2D eigenvalue weighted by molar-refractivity contribution is 7.15. The van der Waals surface area contributed by atoms with Crippen molar-refractivity contribution in [3.05, 3.63) is 22.2 Å². The zero-order valence-electron chi connectivity index (χ0n) is 14.3. The van der Waals surface area contributed by atoms with Crippen molar-refractivity contribution < 1.29 is 4.74 Å². The van der Waals surface area contributed by atoms with Gasteiger partial charge in [-0.25, -0.2) is 14.6 Å². The number of thiazole rings is 1. The van der Waals surface area contributed by atoms with Gasteiger partial charge >= 0.3 is 0 Å². The largest absolute Gasteiger partial charge is 0.378 e. The van der Waals surface area contributed by atoms with Crippen LogP contribution in [0, 0.1) is 13.8 Å². The number of nitrogens with zero attached hydrogens (tertiary/aromatic N) is 5. The highest BCUT2D eigenvalue weighted by atomic mass is 32.1. The van der Waals surface area contributed by atoms with Crippen LogP contribution in [-0.2, 0) is 24.2 Å². The Labute approximate surface area is 146 Å². The first-order valence-electron chi connectivity index (χ1n) is 8.62. The highest BCUT2D eigenvalue weighted by Gasteiger charge is 2.22. The fourth-order valence-corrected chi connectivity index (χ4v) is 4.37. The predicted octanol–water partition coefficient (Wildman–Crippen LogP) is 1.29. The van der Waals surface area contributed by atoms with Crippen molar-refractivity contribution >= 4 is 16.5 Å². The van der Waals surface area contributed by atoms with E-state index in [1.807, 2.05) is 6.92 Å². The van der Waals surface area contributed by atoms with Gasteiger partial charge in [0.2, 0.25) is 0 Å². The van der Waals surface area contributed by atoms with Crippen LogP contribution in [0.15, 0.2) is 0 Å². The molecule has 0 aliphatic carbocycles. The summed E-state index contributed by atoms with van der Waals surface area (Å²) >= 11 is 1.81. The number of morpholine rings is 1. The van der Waals surface area contributed by atoms with E-state index < -0.39 is 0 Å². The number of nitrogens with one attached hydrogen (secondary N) is 1. The molecule has 4 heterocycles. The molecule has 1 atom stereocenters. The number of aromatic nitrogens is 4. The van der Waals surface area contributed by atoms with Crippen molar-refractivity contribution in [1.82, 2.24) is 25.1 Å². The molecule has 2 aliphatic rings. The zero-order valence-corrected chi connectivity index (χ0v) is 15.1. The lowest BCUT2D eigenvalue weighted by atomic mass is 10.1. The number of anilines is 1. The number of aryl methyl sites for hydroxylation is 3. The van der Waals surface area contributed by atoms with E-state index in [-0.39, 0.29) is 0 Å². The van der Waals surface area contributed by atoms with Crippen LogP contribution in [-0.4, -0.2) is 52.1 Å². The van der Waals surface area contributed by atoms with Crippen molar-refractivity contribution in [2.45, 2.75) is 45.8 Å². The Balaban J connectivity index is 1.37. The maximum absolute atomic E-state index is 5.42. The Bertz CT molecular complexity index is 705. The molecule has 0 radical (unpaired) electrons. The molecule has 1 fully saturated rings. The number of hydrogen-bond donors (Lipinski definition) is 1. The number of rotatable bonds is 4. The molecule has 2 aliphatic heterocycles. The average molecular weight is 348 g/mol. The summed E-state index contributed by atoms with van der Waals surface area (Å²) in [6, 6.07) is 0.451. The molecular weight excluding hydrogens is 324 g/mol. The molecule has 7 nitrogen and oxygen atoms in total. The normalized spacial score (nSPS) is 21.1. The summed E-state index contributed by atoms with van der Waals surface area (Å²) in [6.07, 6.45) is 2.12. The molecule has 2 aromatic rings. The lowest BCUT2D eigenvalue weighted by molar-refractivity contribution is 0.122. The fourth-order valence-electron chi connectivity index (χ4n) is 3.30. The van der Waals surface area contributed by atoms with Crippen LogP contribution in [0.1, 0.15) is 28.6 Å². The molecule has 24 heavy (non-hydrogen) atoms. The number of ether oxygens (including phenoxy) is 1. The van der Waals surface area contributed by atoms with E-state index in [1.165, 1.54) is 4.88 Å². The van der Waals surface area contributed by atoms with Crippen molar-refractivity contribution in [3.63, 3.8) is 0 Å². The van der Waals surface area contributed by atoms with Gasteiger partial charge in [0.05, 0.1) is 25.5 Å². The van der Waals surface area contributed by atoms with Crippen LogP contribution >= 0.6 is 11.3 Å². The van der Waals surface area contributed by atoms with Gasteiger partial charge in [-0.2, -0.15) is 5.10 Å². The first-order valence-corrected chi connectivity index (χ1v) is 9.43. The van der Waals surface area contributed by atoms with E-state index in [4.69, 9.17) is 9.72 Å². The Morgan fingerprint density at radius 1 is 1.25 bits per heavy atom. The molecule has 4 rings (SSSR count). The van der Waals surface area contributed by atoms with Crippen molar-refractivity contribution in [2.24, 2.45) is 0 Å². The zero-order chi connectivity index (χ0) is 16.5. The van der Waals surface area contributed by atoms with Gasteiger partial charge in [-0.1, -0.05) is 0 Å². The molecule has 0 amide bonds. The Hall–Kier alpha value is -1.51. The molecule has 130 valence electrons. The van der Waals surface area contributed by atoms with Crippen LogP contribution in [0.5, 0.6) is 0 Å². The molecule has 0 unspecified atom stereocenters. The summed E-state index contributed by atoms with van der Waals surface area (Å²) in [5.74, 6) is 1.99. The Morgan fingerprint density at radius 3 is 2.92 bits per heavy atom. The maximum Gasteiger partial charge on any atom is 0.185 e. The lowest BCUT2D eigenvalue weighted by Crippen LogP contribution is -2.37. The van der Waals surface area contributed by atoms with Crippen molar-refractivity contribution in [3.8, 4) is 0 Å². The molecule has 0 saturated carbocycles. The van der Waals surface area contributed by atoms with Gasteiger partial charge in [-0.15, -0.1) is 11.3 Å². The van der Waals surface area contributed by atoms with E-state index in [9.17, 15) is 0 Å². The summed E-state index contributed by atoms with van der Waals surface area (Å²) in [5.41, 5.74) is 1.14. The molecule has 0 bridgehead atoms. The standard InChI is InChI=1S/C16H24N6OS/c1-11-14(24-16(18-11)21-5-7-23-8-6-21)9-17-13-3-4-15-19-12(2)20-22(15)10-13/h13,17H,3-10H2,1-2H3/t13-/m0/s1. The summed E-state index contributed by atoms with van der Waals surface area (Å²) in [6.45, 7) is 9.33. The van der Waals surface area contributed by atoms with Gasteiger partial charge in [-0.05, 0) is 20.3 Å². The quantitative estimate of drug-likeness (QED) is 0.898. The number of hydrogen-bond acceptors (Lipinski definition) is 7. The second kappa shape index (κ2) is 6.78. The minimum absolute atomic E-state index is 0.451. The van der Waals surface area contributed by atoms with Gasteiger partial charge in [-0.3, -0.25) is 0 Å². The van der Waals surface area contributed by atoms with E-state index >= 15 is 0 Å². The van der Waals surface area contributed by atoms with Crippen LogP contribution < -0.4 is 10.2 Å². The number of fused-ring (bicyclic) bond motifs is 1. The van der Waals surface area contributed by atoms with Gasteiger partial charge in [0.1, 0.15) is 11.6 Å². The van der Waals surface area contributed by atoms with Gasteiger partial charge in [0.25, 0.3) is 0 Å². The minimum atomic E-state index is 0.451. The molecule has 8 heteroatoms. The van der Waals surface area contributed by atoms with Gasteiger partial charge < -0.3 is 15.0 Å². The minimum Gasteiger partial charge on any atom is -0.378 e.